The monoisotopic (exact) mass is 466 g/mol. The number of nitriles is 1. The van der Waals surface area contributed by atoms with E-state index in [2.05, 4.69) is 9.55 Å². The molecule has 2 aliphatic rings. The van der Waals surface area contributed by atoms with E-state index in [0.717, 1.165) is 43.3 Å². The minimum absolute atomic E-state index is 0.0406. The zero-order chi connectivity index (χ0) is 22.9. The fraction of sp³-hybridized carbons (Fsp3) is 0.400. The van der Waals surface area contributed by atoms with Gasteiger partial charge in [-0.2, -0.15) is 5.26 Å². The predicted molar refractivity (Wildman–Crippen MR) is 121 cm³/mol. The van der Waals surface area contributed by atoms with Crippen molar-refractivity contribution in [3.05, 3.63) is 64.7 Å². The van der Waals surface area contributed by atoms with Crippen LogP contribution < -0.4 is 0 Å². The van der Waals surface area contributed by atoms with E-state index in [4.69, 9.17) is 21.7 Å². The van der Waals surface area contributed by atoms with Crippen LogP contribution in [0.4, 0.5) is 4.39 Å². The van der Waals surface area contributed by atoms with E-state index >= 15 is 0 Å². The molecule has 2 fully saturated rings. The first-order chi connectivity index (χ1) is 16.0. The first kappa shape index (κ1) is 21.9. The molecule has 170 valence electrons. The number of hydrogen-bond acceptors (Lipinski definition) is 4. The summed E-state index contributed by atoms with van der Waals surface area (Å²) in [6.07, 6.45) is 7.77. The van der Waals surface area contributed by atoms with E-state index in [1.54, 1.807) is 12.3 Å². The molecule has 2 aromatic heterocycles. The van der Waals surface area contributed by atoms with Crippen molar-refractivity contribution in [2.24, 2.45) is 11.8 Å². The van der Waals surface area contributed by atoms with Crippen molar-refractivity contribution in [1.82, 2.24) is 14.6 Å². The molecule has 0 unspecified atom stereocenters. The molecule has 1 aliphatic heterocycles. The van der Waals surface area contributed by atoms with Gasteiger partial charge in [-0.1, -0.05) is 11.6 Å². The summed E-state index contributed by atoms with van der Waals surface area (Å²) < 4.78 is 16.2. The molecule has 0 bridgehead atoms. The lowest BCUT2D eigenvalue weighted by Gasteiger charge is -2.32. The van der Waals surface area contributed by atoms with E-state index in [-0.39, 0.29) is 23.4 Å². The van der Waals surface area contributed by atoms with Crippen molar-refractivity contribution in [3.8, 4) is 6.07 Å². The third kappa shape index (κ3) is 4.46. The average molecular weight is 467 g/mol. The molecule has 0 radical (unpaired) electrons. The van der Waals surface area contributed by atoms with Crippen molar-refractivity contribution >= 4 is 28.5 Å². The highest BCUT2D eigenvalue weighted by Gasteiger charge is 2.37. The molecule has 0 N–H and O–H groups in total. The lowest BCUT2D eigenvalue weighted by Crippen LogP contribution is -2.37. The second kappa shape index (κ2) is 9.12. The Hall–Kier alpha value is -2.95. The topological polar surface area (TPSA) is 71.2 Å². The lowest BCUT2D eigenvalue weighted by atomic mass is 9.81. The summed E-state index contributed by atoms with van der Waals surface area (Å²) in [5.74, 6) is -0.150. The number of hydroxylamine groups is 2. The molecule has 1 saturated heterocycles. The summed E-state index contributed by atoms with van der Waals surface area (Å²) in [5, 5.41) is 11.2. The Morgan fingerprint density at radius 2 is 2.03 bits per heavy atom. The first-order valence-corrected chi connectivity index (χ1v) is 11.7. The molecular formula is C25H24ClFN4O2. The fourth-order valence-corrected chi connectivity index (χ4v) is 5.26. The molecule has 3 heterocycles. The molecule has 1 saturated carbocycles. The number of rotatable bonds is 4. The molecule has 33 heavy (non-hydrogen) atoms. The number of aromatic nitrogens is 2. The Balaban J connectivity index is 1.23. The normalized spacial score (nSPS) is 23.1. The van der Waals surface area contributed by atoms with E-state index in [9.17, 15) is 9.18 Å². The Morgan fingerprint density at radius 3 is 2.82 bits per heavy atom. The summed E-state index contributed by atoms with van der Waals surface area (Å²) in [7, 11) is 0. The molecule has 1 amide bonds. The molecule has 6 nitrogen and oxygen atoms in total. The van der Waals surface area contributed by atoms with Crippen molar-refractivity contribution in [1.29, 1.82) is 5.26 Å². The highest BCUT2D eigenvalue weighted by molar-refractivity contribution is 6.31. The van der Waals surface area contributed by atoms with Crippen molar-refractivity contribution < 1.29 is 14.0 Å². The molecule has 5 rings (SSSR count). The van der Waals surface area contributed by atoms with Crippen molar-refractivity contribution in [2.75, 3.05) is 6.61 Å². The van der Waals surface area contributed by atoms with Gasteiger partial charge in [0.15, 0.2) is 0 Å². The van der Waals surface area contributed by atoms with Crippen LogP contribution in [0.15, 0.2) is 42.7 Å². The van der Waals surface area contributed by atoms with Crippen LogP contribution in [0.2, 0.25) is 5.02 Å². The van der Waals surface area contributed by atoms with Crippen LogP contribution in [0, 0.1) is 29.0 Å². The Bertz CT molecular complexity index is 1230. The van der Waals surface area contributed by atoms with Gasteiger partial charge in [-0.15, -0.1) is 0 Å². The third-order valence-electron chi connectivity index (χ3n) is 6.79. The van der Waals surface area contributed by atoms with Gasteiger partial charge < -0.3 is 4.57 Å². The van der Waals surface area contributed by atoms with Gasteiger partial charge in [-0.25, -0.2) is 9.45 Å². The number of carbonyl (C=O) groups is 1. The highest BCUT2D eigenvalue weighted by atomic mass is 35.5. The zero-order valence-electron chi connectivity index (χ0n) is 18.1. The van der Waals surface area contributed by atoms with Gasteiger partial charge in [0.25, 0.3) is 0 Å². The third-order valence-corrected chi connectivity index (χ3v) is 7.00. The van der Waals surface area contributed by atoms with E-state index < -0.39 is 5.82 Å². The van der Waals surface area contributed by atoms with E-state index in [1.165, 1.54) is 17.2 Å². The number of amides is 1. The molecule has 1 aromatic carbocycles. The Morgan fingerprint density at radius 1 is 1.21 bits per heavy atom. The zero-order valence-corrected chi connectivity index (χ0v) is 18.8. The van der Waals surface area contributed by atoms with Crippen LogP contribution in [-0.2, 0) is 16.2 Å². The molecule has 1 atom stereocenters. The minimum Gasteiger partial charge on any atom is -0.346 e. The number of halogens is 2. The number of fused-ring (bicyclic) bond motifs is 1. The fourth-order valence-electron chi connectivity index (χ4n) is 5.11. The standard InChI is InChI=1S/C25H24ClFN4O2/c26-20-12-24-22(29-14-20)5-7-30(24)15-16-1-3-18(4-2-16)25(32)31-23(6-8-33-31)19-9-17(13-28)10-21(27)11-19/h5,7,9-12,14,16,18,23H,1-4,6,8,15H2/t16?,18?,23-/m0/s1. The van der Waals surface area contributed by atoms with Crippen LogP contribution in [0.25, 0.3) is 11.0 Å². The van der Waals surface area contributed by atoms with Gasteiger partial charge in [0.05, 0.1) is 40.3 Å². The summed E-state index contributed by atoms with van der Waals surface area (Å²) in [5.41, 5.74) is 2.81. The summed E-state index contributed by atoms with van der Waals surface area (Å²) >= 11 is 6.12. The van der Waals surface area contributed by atoms with Crippen molar-refractivity contribution in [3.63, 3.8) is 0 Å². The van der Waals surface area contributed by atoms with Crippen LogP contribution in [0.3, 0.4) is 0 Å². The lowest BCUT2D eigenvalue weighted by molar-refractivity contribution is -0.183. The molecule has 8 heteroatoms. The number of benzene rings is 1. The van der Waals surface area contributed by atoms with Gasteiger partial charge in [0.2, 0.25) is 5.91 Å². The molecule has 1 aliphatic carbocycles. The number of nitrogens with zero attached hydrogens (tertiary/aromatic N) is 4. The van der Waals surface area contributed by atoms with Gasteiger partial charge in [0.1, 0.15) is 5.82 Å². The minimum atomic E-state index is -0.474. The van der Waals surface area contributed by atoms with E-state index in [1.807, 2.05) is 24.4 Å². The van der Waals surface area contributed by atoms with Gasteiger partial charge in [0, 0.05) is 31.3 Å². The van der Waals surface area contributed by atoms with Crippen LogP contribution in [0.1, 0.15) is 49.3 Å². The predicted octanol–water partition coefficient (Wildman–Crippen LogP) is 5.41. The van der Waals surface area contributed by atoms with Crippen LogP contribution >= 0.6 is 11.6 Å². The Labute approximate surface area is 196 Å². The van der Waals surface area contributed by atoms with Crippen LogP contribution in [0.5, 0.6) is 0 Å². The van der Waals surface area contributed by atoms with E-state index in [0.29, 0.717) is 29.5 Å². The summed E-state index contributed by atoms with van der Waals surface area (Å²) in [4.78, 5) is 23.3. The molecule has 3 aromatic rings. The highest BCUT2D eigenvalue weighted by Crippen LogP contribution is 2.37. The first-order valence-electron chi connectivity index (χ1n) is 11.3. The van der Waals surface area contributed by atoms with Crippen LogP contribution in [-0.4, -0.2) is 27.1 Å². The van der Waals surface area contributed by atoms with Crippen molar-refractivity contribution in [2.45, 2.75) is 44.7 Å². The SMILES string of the molecule is N#Cc1cc(F)cc([C@@H]2CCON2C(=O)C2CCC(Cn3ccc4ncc(Cl)cc43)CC2)c1. The number of pyridine rings is 1. The average Bonchev–Trinajstić information content (AvgIpc) is 3.46. The largest absolute Gasteiger partial charge is 0.346 e. The maximum absolute atomic E-state index is 14.0. The molecule has 0 spiro atoms. The number of carbonyl (C=O) groups excluding carboxylic acids is 1. The second-order valence-electron chi connectivity index (χ2n) is 8.93. The maximum atomic E-state index is 14.0. The van der Waals surface area contributed by atoms with Gasteiger partial charge >= 0.3 is 0 Å². The smallest absolute Gasteiger partial charge is 0.249 e. The summed E-state index contributed by atoms with van der Waals surface area (Å²) in [6, 6.07) is 9.78. The molecular weight excluding hydrogens is 443 g/mol. The quantitative estimate of drug-likeness (QED) is 0.515. The maximum Gasteiger partial charge on any atom is 0.249 e. The van der Waals surface area contributed by atoms with Gasteiger partial charge in [-0.3, -0.25) is 14.6 Å². The van der Waals surface area contributed by atoms with Gasteiger partial charge in [-0.05, 0) is 67.5 Å². The number of hydrogen-bond donors (Lipinski definition) is 0. The summed E-state index contributed by atoms with van der Waals surface area (Å²) in [6.45, 7) is 1.27. The Kier molecular flexibility index (Phi) is 6.05. The second-order valence-corrected chi connectivity index (χ2v) is 9.37.